The van der Waals surface area contributed by atoms with Crippen molar-refractivity contribution in [3.05, 3.63) is 0 Å². The van der Waals surface area contributed by atoms with E-state index in [9.17, 15) is 9.59 Å². The Hall–Kier alpha value is -1.79. The maximum Gasteiger partial charge on any atom is 0.222 e. The number of hydrogen-bond donors (Lipinski definition) is 1. The van der Waals surface area contributed by atoms with E-state index in [0.717, 1.165) is 38.3 Å². The zero-order valence-corrected chi connectivity index (χ0v) is 21.0. The van der Waals surface area contributed by atoms with Crippen LogP contribution in [-0.2, 0) is 9.59 Å². The molecule has 0 aromatic heterocycles. The van der Waals surface area contributed by atoms with Crippen LogP contribution in [0.25, 0.3) is 0 Å². The quantitative estimate of drug-likeness (QED) is 0.362. The van der Waals surface area contributed by atoms with Gasteiger partial charge in [-0.15, -0.1) is 0 Å². The number of carbonyl (C=O) groups excluding carboxylic acids is 2. The summed E-state index contributed by atoms with van der Waals surface area (Å²) in [6, 6.07) is 0. The highest BCUT2D eigenvalue weighted by Gasteiger charge is 2.53. The molecule has 2 rings (SSSR count). The van der Waals surface area contributed by atoms with Crippen molar-refractivity contribution in [2.45, 2.75) is 79.2 Å². The topological polar surface area (TPSA) is 68.2 Å². The van der Waals surface area contributed by atoms with Gasteiger partial charge in [0.25, 0.3) is 0 Å². The Morgan fingerprint density at radius 2 is 1.52 bits per heavy atom. The maximum absolute atomic E-state index is 12.5. The summed E-state index contributed by atoms with van der Waals surface area (Å²) in [5.41, 5.74) is 0.392. The van der Waals surface area contributed by atoms with Gasteiger partial charge < -0.3 is 20.0 Å². The average molecular weight is 436 g/mol. The van der Waals surface area contributed by atoms with E-state index in [4.69, 9.17) is 0 Å². The first kappa shape index (κ1) is 25.5. The van der Waals surface area contributed by atoms with Crippen LogP contribution in [0, 0.1) is 11.3 Å². The van der Waals surface area contributed by atoms with Gasteiger partial charge in [0, 0.05) is 70.1 Å². The van der Waals surface area contributed by atoms with E-state index in [0.29, 0.717) is 44.9 Å². The highest BCUT2D eigenvalue weighted by molar-refractivity contribution is 5.82. The maximum atomic E-state index is 12.5. The summed E-state index contributed by atoms with van der Waals surface area (Å²) in [7, 11) is 1.85. The van der Waals surface area contributed by atoms with E-state index in [1.807, 2.05) is 16.8 Å². The van der Waals surface area contributed by atoms with Gasteiger partial charge in [-0.2, -0.15) is 0 Å². The van der Waals surface area contributed by atoms with Gasteiger partial charge in [-0.3, -0.25) is 14.6 Å². The van der Waals surface area contributed by atoms with Crippen molar-refractivity contribution in [2.75, 3.05) is 46.3 Å². The van der Waals surface area contributed by atoms with Crippen molar-refractivity contribution in [3.63, 3.8) is 0 Å². The van der Waals surface area contributed by atoms with Crippen LogP contribution in [0.1, 0.15) is 73.6 Å². The van der Waals surface area contributed by atoms with Crippen LogP contribution in [-0.4, -0.2) is 84.3 Å². The van der Waals surface area contributed by atoms with Crippen LogP contribution in [0.2, 0.25) is 0 Å². The van der Waals surface area contributed by atoms with Crippen molar-refractivity contribution >= 4 is 17.8 Å². The monoisotopic (exact) mass is 435 g/mol. The fraction of sp³-hybridized carbons (Fsp3) is 0.875. The summed E-state index contributed by atoms with van der Waals surface area (Å²) < 4.78 is 0. The van der Waals surface area contributed by atoms with Crippen LogP contribution in [0.15, 0.2) is 4.99 Å². The minimum atomic E-state index is 0.102. The average Bonchev–Trinajstić information content (AvgIpc) is 2.71. The molecule has 2 saturated heterocycles. The molecule has 2 amide bonds. The summed E-state index contributed by atoms with van der Waals surface area (Å²) in [5, 5.41) is 3.49. The zero-order valence-electron chi connectivity index (χ0n) is 21.0. The largest absolute Gasteiger partial charge is 0.356 e. The minimum Gasteiger partial charge on any atom is -0.356 e. The first-order chi connectivity index (χ1) is 14.5. The van der Waals surface area contributed by atoms with Crippen molar-refractivity contribution in [1.29, 1.82) is 0 Å². The molecule has 0 aromatic carbocycles. The van der Waals surface area contributed by atoms with Crippen LogP contribution in [0.4, 0.5) is 0 Å². The predicted octanol–water partition coefficient (Wildman–Crippen LogP) is 2.96. The standard InChI is InChI=1S/C24H45N5O2/c1-19(2)17-21(31)28-15-13-27(14-16-28)20(30)11-9-8-10-12-26-22(25-7)29-18-23(3,4)24(29,5)6/h19H,8-18H2,1-7H3,(H,25,26). The number of carbonyl (C=O) groups is 2. The number of guanidine groups is 1. The lowest BCUT2D eigenvalue weighted by atomic mass is 9.65. The number of piperazine rings is 1. The number of unbranched alkanes of at least 4 members (excludes halogenated alkanes) is 2. The van der Waals surface area contributed by atoms with Crippen LogP contribution in [0.3, 0.4) is 0 Å². The molecule has 31 heavy (non-hydrogen) atoms. The van der Waals surface area contributed by atoms with E-state index in [1.165, 1.54) is 0 Å². The Morgan fingerprint density at radius 3 is 2.00 bits per heavy atom. The van der Waals surface area contributed by atoms with Gasteiger partial charge in [0.05, 0.1) is 0 Å². The SMILES string of the molecule is CN=C(NCCCCCC(=O)N1CCN(C(=O)CC(C)C)CC1)N1CC(C)(C)C1(C)C. The number of nitrogens with one attached hydrogen (secondary N) is 1. The molecule has 0 radical (unpaired) electrons. The van der Waals surface area contributed by atoms with Gasteiger partial charge in [0.1, 0.15) is 0 Å². The van der Waals surface area contributed by atoms with E-state index in [2.05, 4.69) is 56.8 Å². The van der Waals surface area contributed by atoms with Gasteiger partial charge in [0.15, 0.2) is 5.96 Å². The second kappa shape index (κ2) is 10.7. The Morgan fingerprint density at radius 1 is 0.935 bits per heavy atom. The Kier molecular flexibility index (Phi) is 8.78. The van der Waals surface area contributed by atoms with Crippen molar-refractivity contribution < 1.29 is 9.59 Å². The molecule has 2 fully saturated rings. The third-order valence-electron chi connectivity index (χ3n) is 7.27. The molecule has 0 bridgehead atoms. The van der Waals surface area contributed by atoms with Crippen LogP contribution < -0.4 is 5.32 Å². The summed E-state index contributed by atoms with van der Waals surface area (Å²) in [6.07, 6.45) is 4.16. The summed E-state index contributed by atoms with van der Waals surface area (Å²) >= 11 is 0. The van der Waals surface area contributed by atoms with E-state index in [1.54, 1.807) is 0 Å². The summed E-state index contributed by atoms with van der Waals surface area (Å²) in [6.45, 7) is 17.9. The minimum absolute atomic E-state index is 0.102. The van der Waals surface area contributed by atoms with Crippen LogP contribution in [0.5, 0.6) is 0 Å². The van der Waals surface area contributed by atoms with E-state index >= 15 is 0 Å². The normalized spacial score (nSPS) is 20.6. The molecular weight excluding hydrogens is 390 g/mol. The second-order valence-corrected chi connectivity index (χ2v) is 10.7. The molecule has 178 valence electrons. The van der Waals surface area contributed by atoms with E-state index in [-0.39, 0.29) is 22.8 Å². The molecule has 0 atom stereocenters. The van der Waals surface area contributed by atoms with Crippen LogP contribution >= 0.6 is 0 Å². The Bertz CT molecular complexity index is 648. The number of nitrogens with zero attached hydrogens (tertiary/aromatic N) is 4. The lowest BCUT2D eigenvalue weighted by molar-refractivity contribution is -0.140. The van der Waals surface area contributed by atoms with Crippen molar-refractivity contribution in [2.24, 2.45) is 16.3 Å². The van der Waals surface area contributed by atoms with Gasteiger partial charge in [-0.05, 0) is 32.6 Å². The van der Waals surface area contributed by atoms with Gasteiger partial charge >= 0.3 is 0 Å². The molecule has 2 heterocycles. The second-order valence-electron chi connectivity index (χ2n) is 10.7. The van der Waals surface area contributed by atoms with Crippen molar-refractivity contribution in [3.8, 4) is 0 Å². The first-order valence-electron chi connectivity index (χ1n) is 12.0. The highest BCUT2D eigenvalue weighted by Crippen LogP contribution is 2.46. The third kappa shape index (κ3) is 6.36. The fourth-order valence-corrected chi connectivity index (χ4v) is 4.32. The summed E-state index contributed by atoms with van der Waals surface area (Å²) in [4.78, 5) is 35.3. The fourth-order valence-electron chi connectivity index (χ4n) is 4.32. The molecule has 0 spiro atoms. The highest BCUT2D eigenvalue weighted by atomic mass is 16.2. The summed E-state index contributed by atoms with van der Waals surface area (Å²) in [5.74, 6) is 1.80. The van der Waals surface area contributed by atoms with Gasteiger partial charge in [0.2, 0.25) is 11.8 Å². The first-order valence-corrected chi connectivity index (χ1v) is 12.0. The molecule has 7 heteroatoms. The molecule has 2 aliphatic heterocycles. The number of aliphatic imine (C=N–C) groups is 1. The smallest absolute Gasteiger partial charge is 0.222 e. The number of amides is 2. The number of likely N-dealkylation sites (tertiary alicyclic amines) is 1. The molecular formula is C24H45N5O2. The molecule has 0 saturated carbocycles. The molecule has 1 N–H and O–H groups in total. The molecule has 0 aliphatic carbocycles. The lowest BCUT2D eigenvalue weighted by Crippen LogP contribution is -2.72. The van der Waals surface area contributed by atoms with E-state index < -0.39 is 0 Å². The predicted molar refractivity (Wildman–Crippen MR) is 127 cm³/mol. The molecule has 2 aliphatic rings. The molecule has 7 nitrogen and oxygen atoms in total. The van der Waals surface area contributed by atoms with Gasteiger partial charge in [-0.1, -0.05) is 34.1 Å². The van der Waals surface area contributed by atoms with Crippen molar-refractivity contribution in [1.82, 2.24) is 20.0 Å². The number of hydrogen-bond acceptors (Lipinski definition) is 3. The molecule has 0 unspecified atom stereocenters. The molecule has 0 aromatic rings. The lowest BCUT2D eigenvalue weighted by Gasteiger charge is -2.62. The Balaban J connectivity index is 1.59. The third-order valence-corrected chi connectivity index (χ3v) is 7.27. The zero-order chi connectivity index (χ0) is 23.2. The van der Waals surface area contributed by atoms with Gasteiger partial charge in [-0.25, -0.2) is 0 Å². The Labute approximate surface area is 189 Å². The number of rotatable bonds is 8.